The fraction of sp³-hybridized carbons (Fsp3) is 0.455. The molecule has 4 atom stereocenters. The third-order valence-corrected chi connectivity index (χ3v) is 6.43. The highest BCUT2D eigenvalue weighted by Gasteiger charge is 2.60. The van der Waals surface area contributed by atoms with Gasteiger partial charge in [0.1, 0.15) is 17.5 Å². The van der Waals surface area contributed by atoms with Crippen molar-refractivity contribution in [1.82, 2.24) is 0 Å². The molecular formula is C22H22O9. The number of hydrogen-bond donors (Lipinski definition) is 1. The predicted molar refractivity (Wildman–Crippen MR) is 104 cm³/mol. The first-order chi connectivity index (χ1) is 15.1. The van der Waals surface area contributed by atoms with Crippen LogP contribution in [0.4, 0.5) is 0 Å². The van der Waals surface area contributed by atoms with Crippen LogP contribution in [0.25, 0.3) is 0 Å². The second-order valence-corrected chi connectivity index (χ2v) is 7.91. The van der Waals surface area contributed by atoms with Gasteiger partial charge in [0.15, 0.2) is 23.0 Å². The molecule has 0 unspecified atom stereocenters. The zero-order chi connectivity index (χ0) is 21.2. The van der Waals surface area contributed by atoms with Crippen LogP contribution in [0.2, 0.25) is 0 Å². The molecule has 0 amide bonds. The minimum atomic E-state index is -1.23. The van der Waals surface area contributed by atoms with Gasteiger partial charge in [-0.25, -0.2) is 0 Å². The lowest BCUT2D eigenvalue weighted by Gasteiger charge is -2.28. The predicted octanol–water partition coefficient (Wildman–Crippen LogP) is 2.35. The monoisotopic (exact) mass is 430 g/mol. The second-order valence-electron chi connectivity index (χ2n) is 7.91. The summed E-state index contributed by atoms with van der Waals surface area (Å²) in [4.78, 5) is 0. The summed E-state index contributed by atoms with van der Waals surface area (Å²) in [5.74, 6) is 3.05. The van der Waals surface area contributed by atoms with E-state index in [0.29, 0.717) is 46.7 Å². The van der Waals surface area contributed by atoms with Crippen molar-refractivity contribution in [2.24, 2.45) is 5.92 Å². The van der Waals surface area contributed by atoms with Crippen molar-refractivity contribution >= 4 is 0 Å². The molecule has 0 radical (unpaired) electrons. The lowest BCUT2D eigenvalue weighted by atomic mass is 9.80. The number of ether oxygens (including phenoxy) is 8. The third-order valence-electron chi connectivity index (χ3n) is 6.43. The standard InChI is InChI=1S/C22H22O9/c1-24-15-6-16-19(31-10-30-16)20(25-2)17(15)18-12-7-26-21(22(12,23)8-27-18)11-3-4-13-14(5-11)29-9-28-13/h3-6,12,18,21,23H,7-10H2,1-2H3/t12-,18+,21-,22-/m0/s1. The van der Waals surface area contributed by atoms with Crippen molar-refractivity contribution in [3.05, 3.63) is 35.4 Å². The highest BCUT2D eigenvalue weighted by Crippen LogP contribution is 2.59. The number of benzene rings is 2. The van der Waals surface area contributed by atoms with Crippen LogP contribution in [0, 0.1) is 5.92 Å². The SMILES string of the molecule is COc1cc2c(c(OC)c1[C@@H]1OC[C@@]3(O)[C@H](c4ccc5c(c4)OCO5)OC[C@@H]13)OCO2. The van der Waals surface area contributed by atoms with E-state index >= 15 is 0 Å². The van der Waals surface area contributed by atoms with E-state index in [1.807, 2.05) is 18.2 Å². The Morgan fingerprint density at radius 1 is 0.935 bits per heavy atom. The average molecular weight is 430 g/mol. The molecule has 4 aliphatic heterocycles. The first kappa shape index (κ1) is 18.9. The number of methoxy groups -OCH3 is 2. The topological polar surface area (TPSA) is 94.1 Å². The Balaban J connectivity index is 1.38. The van der Waals surface area contributed by atoms with E-state index in [2.05, 4.69) is 0 Å². The highest BCUT2D eigenvalue weighted by atomic mass is 16.7. The molecule has 164 valence electrons. The minimum absolute atomic E-state index is 0.0994. The van der Waals surface area contributed by atoms with E-state index in [9.17, 15) is 5.11 Å². The molecule has 6 rings (SSSR count). The van der Waals surface area contributed by atoms with Gasteiger partial charge in [-0.3, -0.25) is 0 Å². The molecule has 4 heterocycles. The zero-order valence-corrected chi connectivity index (χ0v) is 17.1. The smallest absolute Gasteiger partial charge is 0.231 e. The molecule has 0 aromatic heterocycles. The van der Waals surface area contributed by atoms with E-state index in [1.165, 1.54) is 0 Å². The Kier molecular flexibility index (Phi) is 4.14. The maximum Gasteiger partial charge on any atom is 0.231 e. The summed E-state index contributed by atoms with van der Waals surface area (Å²) in [6, 6.07) is 7.32. The Morgan fingerprint density at radius 3 is 2.58 bits per heavy atom. The Labute approximate surface area is 178 Å². The summed E-state index contributed by atoms with van der Waals surface area (Å²) in [7, 11) is 3.13. The molecule has 9 nitrogen and oxygen atoms in total. The molecule has 2 saturated heterocycles. The number of rotatable bonds is 4. The summed E-state index contributed by atoms with van der Waals surface area (Å²) in [5.41, 5.74) is 0.248. The van der Waals surface area contributed by atoms with Crippen LogP contribution >= 0.6 is 0 Å². The first-order valence-corrected chi connectivity index (χ1v) is 10.0. The van der Waals surface area contributed by atoms with Crippen LogP contribution in [-0.2, 0) is 9.47 Å². The van der Waals surface area contributed by atoms with E-state index in [0.717, 1.165) is 5.56 Å². The lowest BCUT2D eigenvalue weighted by Crippen LogP contribution is -2.39. The summed E-state index contributed by atoms with van der Waals surface area (Å²) in [5, 5.41) is 11.7. The van der Waals surface area contributed by atoms with Crippen LogP contribution < -0.4 is 28.4 Å². The fourth-order valence-corrected chi connectivity index (χ4v) is 4.95. The van der Waals surface area contributed by atoms with Gasteiger partial charge in [-0.05, 0) is 17.7 Å². The van der Waals surface area contributed by atoms with Gasteiger partial charge >= 0.3 is 0 Å². The molecule has 2 fully saturated rings. The van der Waals surface area contributed by atoms with Crippen molar-refractivity contribution in [1.29, 1.82) is 0 Å². The van der Waals surface area contributed by atoms with Gasteiger partial charge in [-0.1, -0.05) is 6.07 Å². The summed E-state index contributed by atoms with van der Waals surface area (Å²) < 4.78 is 45.5. The van der Waals surface area contributed by atoms with Crippen LogP contribution in [0.5, 0.6) is 34.5 Å². The van der Waals surface area contributed by atoms with Gasteiger partial charge in [-0.15, -0.1) is 0 Å². The summed E-state index contributed by atoms with van der Waals surface area (Å²) in [6.07, 6.45) is -1.08. The van der Waals surface area contributed by atoms with Gasteiger partial charge < -0.3 is 43.0 Å². The third kappa shape index (κ3) is 2.60. The molecule has 0 bridgehead atoms. The van der Waals surface area contributed by atoms with Gasteiger partial charge in [0, 0.05) is 12.0 Å². The Hall–Kier alpha value is -2.88. The van der Waals surface area contributed by atoms with Crippen LogP contribution in [-0.4, -0.2) is 51.7 Å². The van der Waals surface area contributed by atoms with Crippen LogP contribution in [0.3, 0.4) is 0 Å². The molecule has 0 saturated carbocycles. The van der Waals surface area contributed by atoms with Gasteiger partial charge in [0.2, 0.25) is 19.3 Å². The maximum atomic E-state index is 11.7. The van der Waals surface area contributed by atoms with Crippen LogP contribution in [0.1, 0.15) is 23.3 Å². The number of aliphatic hydroxyl groups is 1. The number of hydrogen-bond acceptors (Lipinski definition) is 9. The largest absolute Gasteiger partial charge is 0.496 e. The quantitative estimate of drug-likeness (QED) is 0.784. The molecule has 9 heteroatoms. The molecule has 1 N–H and O–H groups in total. The zero-order valence-electron chi connectivity index (χ0n) is 17.1. The number of fused-ring (bicyclic) bond motifs is 3. The summed E-state index contributed by atoms with van der Waals surface area (Å²) in [6.45, 7) is 0.696. The van der Waals surface area contributed by atoms with E-state index in [4.69, 9.17) is 37.9 Å². The van der Waals surface area contributed by atoms with Crippen molar-refractivity contribution in [2.75, 3.05) is 41.0 Å². The minimum Gasteiger partial charge on any atom is -0.496 e. The Bertz CT molecular complexity index is 1040. The van der Waals surface area contributed by atoms with E-state index < -0.39 is 17.8 Å². The molecule has 2 aromatic rings. The normalized spacial score (nSPS) is 29.8. The molecular weight excluding hydrogens is 408 g/mol. The Morgan fingerprint density at radius 2 is 1.74 bits per heavy atom. The first-order valence-electron chi connectivity index (χ1n) is 10.0. The fourth-order valence-electron chi connectivity index (χ4n) is 4.95. The van der Waals surface area contributed by atoms with E-state index in [1.54, 1.807) is 20.3 Å². The molecule has 4 aliphatic rings. The van der Waals surface area contributed by atoms with Crippen molar-refractivity contribution in [2.45, 2.75) is 17.8 Å². The molecule has 0 spiro atoms. The van der Waals surface area contributed by atoms with Crippen molar-refractivity contribution < 1.29 is 43.0 Å². The van der Waals surface area contributed by atoms with E-state index in [-0.39, 0.29) is 26.1 Å². The van der Waals surface area contributed by atoms with Gasteiger partial charge in [0.25, 0.3) is 0 Å². The van der Waals surface area contributed by atoms with Crippen molar-refractivity contribution in [3.63, 3.8) is 0 Å². The highest BCUT2D eigenvalue weighted by molar-refractivity contribution is 5.64. The van der Waals surface area contributed by atoms with Gasteiger partial charge in [0.05, 0.1) is 39.1 Å². The maximum absolute atomic E-state index is 11.7. The lowest BCUT2D eigenvalue weighted by molar-refractivity contribution is -0.0629. The molecule has 31 heavy (non-hydrogen) atoms. The van der Waals surface area contributed by atoms with Crippen LogP contribution in [0.15, 0.2) is 24.3 Å². The molecule has 0 aliphatic carbocycles. The second kappa shape index (κ2) is 6.81. The summed E-state index contributed by atoms with van der Waals surface area (Å²) >= 11 is 0. The van der Waals surface area contributed by atoms with Crippen molar-refractivity contribution in [3.8, 4) is 34.5 Å². The van der Waals surface area contributed by atoms with Gasteiger partial charge in [-0.2, -0.15) is 0 Å². The molecule has 2 aromatic carbocycles. The average Bonchev–Trinajstić information content (AvgIpc) is 3.55.